The average molecular weight is 360 g/mol. The molecule has 1 unspecified atom stereocenters. The van der Waals surface area contributed by atoms with E-state index in [1.165, 1.54) is 5.56 Å². The molecule has 27 heavy (non-hydrogen) atoms. The zero-order valence-corrected chi connectivity index (χ0v) is 15.6. The van der Waals surface area contributed by atoms with E-state index in [2.05, 4.69) is 17.0 Å². The topological polar surface area (TPSA) is 45.5 Å². The van der Waals surface area contributed by atoms with Crippen LogP contribution in [0, 0.1) is 0 Å². The second kappa shape index (κ2) is 6.15. The fourth-order valence-electron chi connectivity index (χ4n) is 5.20. The van der Waals surface area contributed by atoms with Crippen molar-refractivity contribution in [2.24, 2.45) is 7.05 Å². The largest absolute Gasteiger partial charge is 0.508 e. The number of piperidine rings is 1. The molecule has 4 heteroatoms. The fourth-order valence-corrected chi connectivity index (χ4v) is 5.20. The number of benzene rings is 2. The third-order valence-electron chi connectivity index (χ3n) is 6.44. The first kappa shape index (κ1) is 16.4. The van der Waals surface area contributed by atoms with E-state index in [0.29, 0.717) is 11.7 Å². The van der Waals surface area contributed by atoms with Crippen LogP contribution in [0.5, 0.6) is 5.75 Å². The van der Waals surface area contributed by atoms with Crippen LogP contribution in [-0.2, 0) is 13.5 Å². The normalized spacial score (nSPS) is 21.7. The number of phenolic OH excluding ortho intramolecular Hbond substituents is 1. The number of nitrogens with zero attached hydrogens (tertiary/aromatic N) is 2. The van der Waals surface area contributed by atoms with Gasteiger partial charge in [0.05, 0.1) is 5.56 Å². The van der Waals surface area contributed by atoms with Crippen molar-refractivity contribution >= 4 is 16.8 Å². The van der Waals surface area contributed by atoms with Crippen LogP contribution in [0.25, 0.3) is 10.9 Å². The van der Waals surface area contributed by atoms with E-state index in [1.54, 1.807) is 6.07 Å². The second-order valence-electron chi connectivity index (χ2n) is 7.87. The zero-order valence-electron chi connectivity index (χ0n) is 15.6. The number of hydrogen-bond donors (Lipinski definition) is 1. The molecule has 0 spiro atoms. The van der Waals surface area contributed by atoms with Gasteiger partial charge in [0, 0.05) is 42.7 Å². The summed E-state index contributed by atoms with van der Waals surface area (Å²) < 4.78 is 2.04. The SMILES string of the molecule is Cn1cc(C(=O)N2CCC[C@@H]3c4cccc(O)c4CCC32)c2ccccc21. The van der Waals surface area contributed by atoms with E-state index in [4.69, 9.17) is 0 Å². The van der Waals surface area contributed by atoms with Crippen molar-refractivity contribution in [3.05, 3.63) is 65.4 Å². The molecular weight excluding hydrogens is 336 g/mol. The molecule has 5 rings (SSSR count). The van der Waals surface area contributed by atoms with Gasteiger partial charge in [-0.2, -0.15) is 0 Å². The van der Waals surface area contributed by atoms with Gasteiger partial charge in [-0.05, 0) is 48.9 Å². The van der Waals surface area contributed by atoms with Crippen LogP contribution >= 0.6 is 0 Å². The summed E-state index contributed by atoms with van der Waals surface area (Å²) in [5.74, 6) is 0.877. The molecule has 1 saturated heterocycles. The van der Waals surface area contributed by atoms with Crippen molar-refractivity contribution in [3.63, 3.8) is 0 Å². The van der Waals surface area contributed by atoms with Gasteiger partial charge in [0.15, 0.2) is 0 Å². The van der Waals surface area contributed by atoms with E-state index in [0.717, 1.165) is 54.3 Å². The number of amides is 1. The minimum atomic E-state index is 0.144. The third kappa shape index (κ3) is 2.47. The summed E-state index contributed by atoms with van der Waals surface area (Å²) in [5, 5.41) is 11.3. The third-order valence-corrected chi connectivity index (χ3v) is 6.44. The van der Waals surface area contributed by atoms with Gasteiger partial charge in [-0.1, -0.05) is 30.3 Å². The van der Waals surface area contributed by atoms with Crippen LogP contribution in [-0.4, -0.2) is 33.1 Å². The smallest absolute Gasteiger partial charge is 0.256 e. The molecule has 2 heterocycles. The number of rotatable bonds is 1. The Balaban J connectivity index is 1.53. The molecule has 1 aliphatic carbocycles. The number of hydrogen-bond acceptors (Lipinski definition) is 2. The number of aromatic hydroxyl groups is 1. The summed E-state index contributed by atoms with van der Waals surface area (Å²) in [6.45, 7) is 0.817. The van der Waals surface area contributed by atoms with E-state index in [9.17, 15) is 9.90 Å². The Bertz CT molecular complexity index is 1040. The zero-order chi connectivity index (χ0) is 18.5. The molecule has 0 saturated carbocycles. The quantitative estimate of drug-likeness (QED) is 0.706. The Hall–Kier alpha value is -2.75. The van der Waals surface area contributed by atoms with Crippen molar-refractivity contribution in [2.45, 2.75) is 37.6 Å². The Labute approximate surface area is 159 Å². The first-order valence-electron chi connectivity index (χ1n) is 9.81. The Morgan fingerprint density at radius 2 is 1.96 bits per heavy atom. The standard InChI is InChI=1S/C23H24N2O2/c1-24-14-19(17-6-2-3-9-20(17)24)23(27)25-13-5-8-16-15-7-4-10-22(26)18(15)11-12-21(16)25/h2-4,6-7,9-10,14,16,21,26H,5,8,11-13H2,1H3/t16-,21?/m1/s1. The first-order valence-corrected chi connectivity index (χ1v) is 9.81. The molecule has 138 valence electrons. The molecule has 1 aliphatic heterocycles. The number of carbonyl (C=O) groups excluding carboxylic acids is 1. The molecular formula is C23H24N2O2. The molecule has 2 atom stereocenters. The molecule has 2 aromatic carbocycles. The molecule has 1 N–H and O–H groups in total. The highest BCUT2D eigenvalue weighted by Crippen LogP contribution is 2.43. The van der Waals surface area contributed by atoms with Crippen LogP contribution in [0.1, 0.15) is 46.7 Å². The molecule has 0 radical (unpaired) electrons. The lowest BCUT2D eigenvalue weighted by Gasteiger charge is -2.45. The van der Waals surface area contributed by atoms with Gasteiger partial charge in [-0.25, -0.2) is 0 Å². The summed E-state index contributed by atoms with van der Waals surface area (Å²) in [6.07, 6.45) is 5.82. The number of aromatic nitrogens is 1. The van der Waals surface area contributed by atoms with Gasteiger partial charge in [-0.15, -0.1) is 0 Å². The number of likely N-dealkylation sites (tertiary alicyclic amines) is 1. The summed E-state index contributed by atoms with van der Waals surface area (Å²) in [5.41, 5.74) is 4.21. The summed E-state index contributed by atoms with van der Waals surface area (Å²) in [7, 11) is 2.00. The van der Waals surface area contributed by atoms with Crippen molar-refractivity contribution in [1.82, 2.24) is 9.47 Å². The summed E-state index contributed by atoms with van der Waals surface area (Å²) >= 11 is 0. The highest BCUT2D eigenvalue weighted by atomic mass is 16.3. The van der Waals surface area contributed by atoms with Crippen molar-refractivity contribution in [1.29, 1.82) is 0 Å². The minimum Gasteiger partial charge on any atom is -0.508 e. The summed E-state index contributed by atoms with van der Waals surface area (Å²) in [4.78, 5) is 15.6. The molecule has 0 bridgehead atoms. The highest BCUT2D eigenvalue weighted by Gasteiger charge is 2.39. The van der Waals surface area contributed by atoms with Gasteiger partial charge in [0.2, 0.25) is 0 Å². The van der Waals surface area contributed by atoms with E-state index in [-0.39, 0.29) is 11.9 Å². The van der Waals surface area contributed by atoms with Gasteiger partial charge < -0.3 is 14.6 Å². The lowest BCUT2D eigenvalue weighted by molar-refractivity contribution is 0.0548. The van der Waals surface area contributed by atoms with Crippen LogP contribution in [0.3, 0.4) is 0 Å². The number of fused-ring (bicyclic) bond motifs is 4. The highest BCUT2D eigenvalue weighted by molar-refractivity contribution is 6.07. The lowest BCUT2D eigenvalue weighted by atomic mass is 9.74. The molecule has 3 aromatic rings. The molecule has 1 amide bonds. The average Bonchev–Trinajstić information content (AvgIpc) is 3.04. The molecule has 2 aliphatic rings. The van der Waals surface area contributed by atoms with Gasteiger partial charge >= 0.3 is 0 Å². The van der Waals surface area contributed by atoms with Crippen molar-refractivity contribution in [2.75, 3.05) is 6.54 Å². The van der Waals surface area contributed by atoms with Gasteiger partial charge in [-0.3, -0.25) is 4.79 Å². The second-order valence-corrected chi connectivity index (χ2v) is 7.87. The Kier molecular flexibility index (Phi) is 3.74. The maximum Gasteiger partial charge on any atom is 0.256 e. The Morgan fingerprint density at radius 3 is 2.85 bits per heavy atom. The fraction of sp³-hybridized carbons (Fsp3) is 0.348. The molecule has 1 fully saturated rings. The number of carbonyl (C=O) groups is 1. The van der Waals surface area contributed by atoms with Crippen LogP contribution in [0.2, 0.25) is 0 Å². The van der Waals surface area contributed by atoms with Crippen molar-refractivity contribution < 1.29 is 9.90 Å². The molecule has 4 nitrogen and oxygen atoms in total. The first-order chi connectivity index (χ1) is 13.1. The lowest BCUT2D eigenvalue weighted by Crippen LogP contribution is -2.49. The number of para-hydroxylation sites is 1. The van der Waals surface area contributed by atoms with Crippen LogP contribution < -0.4 is 0 Å². The monoisotopic (exact) mass is 360 g/mol. The van der Waals surface area contributed by atoms with Crippen molar-refractivity contribution in [3.8, 4) is 5.75 Å². The Morgan fingerprint density at radius 1 is 1.11 bits per heavy atom. The van der Waals surface area contributed by atoms with Gasteiger partial charge in [0.25, 0.3) is 5.91 Å². The van der Waals surface area contributed by atoms with Crippen LogP contribution in [0.4, 0.5) is 0 Å². The predicted molar refractivity (Wildman–Crippen MR) is 106 cm³/mol. The predicted octanol–water partition coefficient (Wildman–Crippen LogP) is 4.22. The number of aryl methyl sites for hydroxylation is 1. The summed E-state index contributed by atoms with van der Waals surface area (Å²) in [6, 6.07) is 14.2. The van der Waals surface area contributed by atoms with Gasteiger partial charge in [0.1, 0.15) is 5.75 Å². The minimum absolute atomic E-state index is 0.144. The maximum atomic E-state index is 13.5. The van der Waals surface area contributed by atoms with Crippen LogP contribution in [0.15, 0.2) is 48.7 Å². The molecule has 1 aromatic heterocycles. The number of phenols is 1. The van der Waals surface area contributed by atoms with E-state index in [1.807, 2.05) is 42.1 Å². The van der Waals surface area contributed by atoms with E-state index < -0.39 is 0 Å². The van der Waals surface area contributed by atoms with E-state index >= 15 is 0 Å². The maximum absolute atomic E-state index is 13.5.